The summed E-state index contributed by atoms with van der Waals surface area (Å²) in [5, 5.41) is 3.71. The molecule has 3 heteroatoms. The minimum absolute atomic E-state index is 0.0495. The van der Waals surface area contributed by atoms with Gasteiger partial charge in [-0.3, -0.25) is 0 Å². The molecule has 0 aliphatic carbocycles. The average molecular weight is 255 g/mol. The smallest absolute Gasteiger partial charge is 0.0951 e. The first-order valence-electron chi connectivity index (χ1n) is 7.65. The van der Waals surface area contributed by atoms with Crippen LogP contribution in [0.1, 0.15) is 52.4 Å². The summed E-state index contributed by atoms with van der Waals surface area (Å²) in [6, 6.07) is 0.638. The monoisotopic (exact) mass is 255 g/mol. The molecule has 2 aliphatic heterocycles. The number of hydrogen-bond acceptors (Lipinski definition) is 3. The van der Waals surface area contributed by atoms with Crippen molar-refractivity contribution >= 4 is 0 Å². The van der Waals surface area contributed by atoms with Crippen LogP contribution in [0, 0.1) is 5.92 Å². The minimum Gasteiger partial charge on any atom is -0.378 e. The van der Waals surface area contributed by atoms with Gasteiger partial charge >= 0.3 is 0 Å². The van der Waals surface area contributed by atoms with Gasteiger partial charge in [0.05, 0.1) is 12.2 Å². The van der Waals surface area contributed by atoms with Gasteiger partial charge in [0.2, 0.25) is 0 Å². The summed E-state index contributed by atoms with van der Waals surface area (Å²) in [7, 11) is 0. The van der Waals surface area contributed by atoms with Gasteiger partial charge in [0.15, 0.2) is 0 Å². The lowest BCUT2D eigenvalue weighted by Crippen LogP contribution is -2.47. The molecule has 3 nitrogen and oxygen atoms in total. The second kappa shape index (κ2) is 6.88. The summed E-state index contributed by atoms with van der Waals surface area (Å²) in [5.41, 5.74) is 0.0495. The Morgan fingerprint density at radius 2 is 2.17 bits per heavy atom. The molecule has 1 spiro atoms. The van der Waals surface area contributed by atoms with Crippen molar-refractivity contribution < 1.29 is 9.47 Å². The summed E-state index contributed by atoms with van der Waals surface area (Å²) in [6.07, 6.45) is 7.38. The average Bonchev–Trinajstić information content (AvgIpc) is 2.76. The first-order valence-corrected chi connectivity index (χ1v) is 7.65. The SMILES string of the molecule is CC(C)CCCCNC1CCOC2(CCOC2)C1. The third-order valence-electron chi connectivity index (χ3n) is 4.20. The third-order valence-corrected chi connectivity index (χ3v) is 4.20. The van der Waals surface area contributed by atoms with Crippen molar-refractivity contribution in [2.75, 3.05) is 26.4 Å². The zero-order valence-corrected chi connectivity index (χ0v) is 12.0. The molecule has 2 rings (SSSR count). The van der Waals surface area contributed by atoms with E-state index in [1.807, 2.05) is 0 Å². The fourth-order valence-electron chi connectivity index (χ4n) is 3.05. The number of ether oxygens (including phenoxy) is 2. The molecule has 0 aromatic heterocycles. The highest BCUT2D eigenvalue weighted by atomic mass is 16.6. The van der Waals surface area contributed by atoms with Crippen molar-refractivity contribution in [3.05, 3.63) is 0 Å². The highest BCUT2D eigenvalue weighted by Gasteiger charge is 2.40. The Labute approximate surface area is 112 Å². The summed E-state index contributed by atoms with van der Waals surface area (Å²) >= 11 is 0. The normalized spacial score (nSPS) is 32.5. The minimum atomic E-state index is 0.0495. The Kier molecular flexibility index (Phi) is 5.46. The highest BCUT2D eigenvalue weighted by Crippen LogP contribution is 2.32. The van der Waals surface area contributed by atoms with Gasteiger partial charge in [0.1, 0.15) is 0 Å². The second-order valence-corrected chi connectivity index (χ2v) is 6.37. The van der Waals surface area contributed by atoms with Gasteiger partial charge in [-0.15, -0.1) is 0 Å². The van der Waals surface area contributed by atoms with Crippen molar-refractivity contribution in [1.82, 2.24) is 5.32 Å². The van der Waals surface area contributed by atoms with Crippen LogP contribution in [0.25, 0.3) is 0 Å². The quantitative estimate of drug-likeness (QED) is 0.740. The van der Waals surface area contributed by atoms with E-state index in [1.54, 1.807) is 0 Å². The van der Waals surface area contributed by atoms with Gasteiger partial charge in [0, 0.05) is 25.7 Å². The predicted octanol–water partition coefficient (Wildman–Crippen LogP) is 2.74. The molecule has 2 aliphatic rings. The zero-order chi connectivity index (χ0) is 12.8. The van der Waals surface area contributed by atoms with Gasteiger partial charge in [-0.05, 0) is 31.7 Å². The molecular formula is C15H29NO2. The summed E-state index contributed by atoms with van der Waals surface area (Å²) in [6.45, 7) is 8.34. The van der Waals surface area contributed by atoms with Crippen molar-refractivity contribution in [3.8, 4) is 0 Å². The Balaban J connectivity index is 1.61. The van der Waals surface area contributed by atoms with Crippen LogP contribution in [0.4, 0.5) is 0 Å². The van der Waals surface area contributed by atoms with Gasteiger partial charge in [-0.1, -0.05) is 26.7 Å². The second-order valence-electron chi connectivity index (χ2n) is 6.37. The molecule has 2 fully saturated rings. The third kappa shape index (κ3) is 4.22. The lowest BCUT2D eigenvalue weighted by molar-refractivity contribution is -0.0892. The van der Waals surface area contributed by atoms with Crippen molar-refractivity contribution in [2.24, 2.45) is 5.92 Å². The first kappa shape index (κ1) is 14.3. The van der Waals surface area contributed by atoms with Gasteiger partial charge in [-0.25, -0.2) is 0 Å². The number of nitrogens with one attached hydrogen (secondary N) is 1. The van der Waals surface area contributed by atoms with Gasteiger partial charge in [0.25, 0.3) is 0 Å². The molecule has 18 heavy (non-hydrogen) atoms. The molecular weight excluding hydrogens is 226 g/mol. The van der Waals surface area contributed by atoms with E-state index in [4.69, 9.17) is 9.47 Å². The fourth-order valence-corrected chi connectivity index (χ4v) is 3.05. The van der Waals surface area contributed by atoms with Crippen LogP contribution in [0.15, 0.2) is 0 Å². The molecule has 2 atom stereocenters. The van der Waals surface area contributed by atoms with Gasteiger partial charge in [-0.2, -0.15) is 0 Å². The molecule has 0 amide bonds. The molecule has 0 bridgehead atoms. The van der Waals surface area contributed by atoms with E-state index in [0.29, 0.717) is 6.04 Å². The van der Waals surface area contributed by atoms with Crippen LogP contribution < -0.4 is 5.32 Å². The molecule has 0 aromatic rings. The van der Waals surface area contributed by atoms with Crippen LogP contribution in [-0.2, 0) is 9.47 Å². The van der Waals surface area contributed by atoms with E-state index in [9.17, 15) is 0 Å². The van der Waals surface area contributed by atoms with Crippen molar-refractivity contribution in [3.63, 3.8) is 0 Å². The zero-order valence-electron chi connectivity index (χ0n) is 12.0. The van der Waals surface area contributed by atoms with Crippen molar-refractivity contribution in [1.29, 1.82) is 0 Å². The lowest BCUT2D eigenvalue weighted by atomic mass is 9.89. The van der Waals surface area contributed by atoms with E-state index in [2.05, 4.69) is 19.2 Å². The van der Waals surface area contributed by atoms with Gasteiger partial charge < -0.3 is 14.8 Å². The Morgan fingerprint density at radius 3 is 2.89 bits per heavy atom. The topological polar surface area (TPSA) is 30.5 Å². The van der Waals surface area contributed by atoms with E-state index in [1.165, 1.54) is 19.3 Å². The predicted molar refractivity (Wildman–Crippen MR) is 73.8 cm³/mol. The maximum atomic E-state index is 5.95. The first-order chi connectivity index (χ1) is 8.70. The van der Waals surface area contributed by atoms with Crippen LogP contribution >= 0.6 is 0 Å². The Morgan fingerprint density at radius 1 is 1.28 bits per heavy atom. The summed E-state index contributed by atoms with van der Waals surface area (Å²) in [4.78, 5) is 0. The van der Waals surface area contributed by atoms with Crippen LogP contribution in [-0.4, -0.2) is 38.0 Å². The number of unbranched alkanes of at least 4 members (excludes halogenated alkanes) is 1. The molecule has 2 unspecified atom stereocenters. The Hall–Kier alpha value is -0.120. The maximum Gasteiger partial charge on any atom is 0.0951 e. The van der Waals surface area contributed by atoms with E-state index in [-0.39, 0.29) is 5.60 Å². The number of rotatable bonds is 6. The van der Waals surface area contributed by atoms with E-state index in [0.717, 1.165) is 51.5 Å². The van der Waals surface area contributed by atoms with Crippen LogP contribution in [0.5, 0.6) is 0 Å². The summed E-state index contributed by atoms with van der Waals surface area (Å²) in [5.74, 6) is 0.840. The molecule has 106 valence electrons. The molecule has 2 heterocycles. The molecule has 0 aromatic carbocycles. The molecule has 0 saturated carbocycles. The van der Waals surface area contributed by atoms with Crippen LogP contribution in [0.3, 0.4) is 0 Å². The maximum absolute atomic E-state index is 5.95. The molecule has 0 radical (unpaired) electrons. The van der Waals surface area contributed by atoms with Crippen molar-refractivity contribution in [2.45, 2.75) is 64.0 Å². The standard InChI is InChI=1S/C15H29NO2/c1-13(2)5-3-4-8-16-14-6-9-18-15(11-14)7-10-17-12-15/h13-14,16H,3-12H2,1-2H3. The highest BCUT2D eigenvalue weighted by molar-refractivity contribution is 4.92. The van der Waals surface area contributed by atoms with Crippen LogP contribution in [0.2, 0.25) is 0 Å². The summed E-state index contributed by atoms with van der Waals surface area (Å²) < 4.78 is 11.5. The lowest BCUT2D eigenvalue weighted by Gasteiger charge is -2.37. The van der Waals surface area contributed by atoms with E-state index >= 15 is 0 Å². The van der Waals surface area contributed by atoms with E-state index < -0.39 is 0 Å². The number of hydrogen-bond donors (Lipinski definition) is 1. The molecule has 2 saturated heterocycles. The Bertz CT molecular complexity index is 237. The largest absolute Gasteiger partial charge is 0.378 e. The molecule has 1 N–H and O–H groups in total. The fraction of sp³-hybridized carbons (Fsp3) is 1.00.